The zero-order valence-electron chi connectivity index (χ0n) is 18.1. The maximum Gasteiger partial charge on any atom is 0.230 e. The number of aromatic nitrogens is 1. The van der Waals surface area contributed by atoms with Crippen molar-refractivity contribution in [2.75, 3.05) is 11.9 Å². The third kappa shape index (κ3) is 6.05. The van der Waals surface area contributed by atoms with Gasteiger partial charge >= 0.3 is 0 Å². The molecular weight excluding hydrogens is 412 g/mol. The van der Waals surface area contributed by atoms with Crippen LogP contribution in [0.4, 0.5) is 5.69 Å². The van der Waals surface area contributed by atoms with Crippen LogP contribution in [0.3, 0.4) is 0 Å². The minimum Gasteiger partial charge on any atom is -0.354 e. The van der Waals surface area contributed by atoms with Crippen LogP contribution in [-0.2, 0) is 15.0 Å². The first-order valence-corrected chi connectivity index (χ1v) is 11.2. The Morgan fingerprint density at radius 3 is 2.32 bits per heavy atom. The van der Waals surface area contributed by atoms with Crippen LogP contribution in [0.15, 0.2) is 48.8 Å². The molecule has 7 heteroatoms. The van der Waals surface area contributed by atoms with Gasteiger partial charge < -0.3 is 16.4 Å². The molecule has 4 N–H and O–H groups in total. The smallest absolute Gasteiger partial charge is 0.230 e. The van der Waals surface area contributed by atoms with E-state index in [1.54, 1.807) is 36.7 Å². The molecule has 2 amide bonds. The summed E-state index contributed by atoms with van der Waals surface area (Å²) in [7, 11) is 0. The van der Waals surface area contributed by atoms with E-state index in [0.29, 0.717) is 17.5 Å². The number of nitrogens with one attached hydrogen (secondary N) is 2. The summed E-state index contributed by atoms with van der Waals surface area (Å²) < 4.78 is 0. The lowest BCUT2D eigenvalue weighted by Crippen LogP contribution is -2.48. The second-order valence-corrected chi connectivity index (χ2v) is 9.28. The van der Waals surface area contributed by atoms with E-state index in [2.05, 4.69) is 15.6 Å². The summed E-state index contributed by atoms with van der Waals surface area (Å²) in [6.45, 7) is 4.21. The number of amides is 2. The van der Waals surface area contributed by atoms with Crippen molar-refractivity contribution in [1.82, 2.24) is 10.3 Å². The SMILES string of the molecule is CC(C)(C(=O)NCC(N)C1CCC(C(=O)Nc2ccncc2)CC1)c1ccc(Cl)cc1. The molecule has 1 aliphatic rings. The number of nitrogens with two attached hydrogens (primary N) is 1. The second kappa shape index (κ2) is 10.2. The maximum atomic E-state index is 12.8. The molecule has 0 radical (unpaired) electrons. The topological polar surface area (TPSA) is 97.1 Å². The van der Waals surface area contributed by atoms with E-state index in [0.717, 1.165) is 36.9 Å². The fourth-order valence-electron chi connectivity index (χ4n) is 4.08. The summed E-state index contributed by atoms with van der Waals surface area (Å²) in [5, 5.41) is 6.62. The van der Waals surface area contributed by atoms with E-state index in [1.165, 1.54) is 0 Å². The van der Waals surface area contributed by atoms with Gasteiger partial charge in [0.2, 0.25) is 11.8 Å². The molecule has 1 aromatic heterocycles. The number of pyridine rings is 1. The molecule has 0 saturated heterocycles. The number of rotatable bonds is 7. The number of hydrogen-bond acceptors (Lipinski definition) is 4. The molecule has 1 aromatic carbocycles. The number of carbonyl (C=O) groups excluding carboxylic acids is 2. The van der Waals surface area contributed by atoms with Gasteiger partial charge in [-0.2, -0.15) is 0 Å². The Bertz CT molecular complexity index is 878. The van der Waals surface area contributed by atoms with E-state index >= 15 is 0 Å². The Morgan fingerprint density at radius 1 is 1.10 bits per heavy atom. The fourth-order valence-corrected chi connectivity index (χ4v) is 4.21. The highest BCUT2D eigenvalue weighted by Crippen LogP contribution is 2.31. The van der Waals surface area contributed by atoms with Crippen LogP contribution in [0.5, 0.6) is 0 Å². The molecule has 1 fully saturated rings. The van der Waals surface area contributed by atoms with Gasteiger partial charge in [-0.25, -0.2) is 0 Å². The summed E-state index contributed by atoms with van der Waals surface area (Å²) in [6, 6.07) is 10.8. The van der Waals surface area contributed by atoms with Gasteiger partial charge in [0.25, 0.3) is 0 Å². The third-order valence-electron chi connectivity index (χ3n) is 6.33. The van der Waals surface area contributed by atoms with Gasteiger partial charge in [-0.1, -0.05) is 23.7 Å². The first kappa shape index (κ1) is 23.2. The molecule has 1 aliphatic carbocycles. The van der Waals surface area contributed by atoms with E-state index < -0.39 is 5.41 Å². The van der Waals surface area contributed by atoms with Crippen molar-refractivity contribution < 1.29 is 9.59 Å². The number of anilines is 1. The van der Waals surface area contributed by atoms with Crippen LogP contribution < -0.4 is 16.4 Å². The molecule has 31 heavy (non-hydrogen) atoms. The minimum absolute atomic E-state index is 0.00459. The molecule has 1 heterocycles. The Morgan fingerprint density at radius 2 is 1.71 bits per heavy atom. The quantitative estimate of drug-likeness (QED) is 0.605. The molecule has 2 aromatic rings. The van der Waals surface area contributed by atoms with Gasteiger partial charge in [-0.15, -0.1) is 0 Å². The maximum absolute atomic E-state index is 12.8. The van der Waals surface area contributed by atoms with Crippen LogP contribution in [0.1, 0.15) is 45.1 Å². The number of nitrogens with zero attached hydrogens (tertiary/aromatic N) is 1. The molecule has 3 rings (SSSR count). The monoisotopic (exact) mass is 442 g/mol. The predicted octanol–water partition coefficient (Wildman–Crippen LogP) is 3.90. The molecule has 1 atom stereocenters. The lowest BCUT2D eigenvalue weighted by molar-refractivity contribution is -0.125. The number of halogens is 1. The van der Waals surface area contributed by atoms with Gasteiger partial charge in [-0.3, -0.25) is 14.6 Å². The first-order chi connectivity index (χ1) is 14.8. The van der Waals surface area contributed by atoms with Crippen molar-refractivity contribution in [3.05, 3.63) is 59.4 Å². The number of carbonyl (C=O) groups is 2. The average molecular weight is 443 g/mol. The van der Waals surface area contributed by atoms with E-state index in [1.807, 2.05) is 26.0 Å². The van der Waals surface area contributed by atoms with E-state index in [-0.39, 0.29) is 23.8 Å². The van der Waals surface area contributed by atoms with Crippen molar-refractivity contribution in [1.29, 1.82) is 0 Å². The second-order valence-electron chi connectivity index (χ2n) is 8.84. The van der Waals surface area contributed by atoms with Crippen LogP contribution in [0, 0.1) is 11.8 Å². The van der Waals surface area contributed by atoms with E-state index in [4.69, 9.17) is 17.3 Å². The van der Waals surface area contributed by atoms with Gasteiger partial charge in [0, 0.05) is 41.6 Å². The summed E-state index contributed by atoms with van der Waals surface area (Å²) in [5.41, 5.74) is 7.40. The first-order valence-electron chi connectivity index (χ1n) is 10.8. The molecule has 6 nitrogen and oxygen atoms in total. The summed E-state index contributed by atoms with van der Waals surface area (Å²) >= 11 is 5.96. The lowest BCUT2D eigenvalue weighted by Gasteiger charge is -2.32. The van der Waals surface area contributed by atoms with Gasteiger partial charge in [0.15, 0.2) is 0 Å². The number of hydrogen-bond donors (Lipinski definition) is 3. The molecule has 1 unspecified atom stereocenters. The largest absolute Gasteiger partial charge is 0.354 e. The van der Waals surface area contributed by atoms with Gasteiger partial charge in [0.05, 0.1) is 5.41 Å². The van der Waals surface area contributed by atoms with Crippen LogP contribution >= 0.6 is 11.6 Å². The molecule has 0 aliphatic heterocycles. The third-order valence-corrected chi connectivity index (χ3v) is 6.58. The van der Waals surface area contributed by atoms with Crippen LogP contribution in [-0.4, -0.2) is 29.4 Å². The summed E-state index contributed by atoms with van der Waals surface area (Å²) in [5.74, 6) is 0.283. The predicted molar refractivity (Wildman–Crippen MR) is 124 cm³/mol. The molecule has 0 bridgehead atoms. The zero-order chi connectivity index (χ0) is 22.4. The van der Waals surface area contributed by atoms with E-state index in [9.17, 15) is 9.59 Å². The lowest BCUT2D eigenvalue weighted by atomic mass is 9.78. The number of benzene rings is 1. The fraction of sp³-hybridized carbons (Fsp3) is 0.458. The Hall–Kier alpha value is -2.44. The van der Waals surface area contributed by atoms with Crippen molar-refractivity contribution in [3.8, 4) is 0 Å². The van der Waals surface area contributed by atoms with Crippen molar-refractivity contribution in [2.24, 2.45) is 17.6 Å². The van der Waals surface area contributed by atoms with Crippen LogP contribution in [0.25, 0.3) is 0 Å². The van der Waals surface area contributed by atoms with Gasteiger partial charge in [0.1, 0.15) is 0 Å². The molecule has 166 valence electrons. The van der Waals surface area contributed by atoms with Crippen molar-refractivity contribution >= 4 is 29.1 Å². The summed E-state index contributed by atoms with van der Waals surface area (Å²) in [4.78, 5) is 29.3. The molecule has 0 spiro atoms. The normalized spacial score (nSPS) is 20.0. The van der Waals surface area contributed by atoms with Crippen molar-refractivity contribution in [3.63, 3.8) is 0 Å². The van der Waals surface area contributed by atoms with Gasteiger partial charge in [-0.05, 0) is 75.3 Å². The Kier molecular flexibility index (Phi) is 7.68. The van der Waals surface area contributed by atoms with Crippen LogP contribution in [0.2, 0.25) is 5.02 Å². The zero-order valence-corrected chi connectivity index (χ0v) is 18.9. The highest BCUT2D eigenvalue weighted by Gasteiger charge is 2.32. The summed E-state index contributed by atoms with van der Waals surface area (Å²) in [6.07, 6.45) is 6.69. The standard InChI is InChI=1S/C24H31ClN4O2/c1-24(2,18-7-9-19(25)10-8-18)23(31)28-15-21(26)16-3-5-17(6-4-16)22(30)29-20-11-13-27-14-12-20/h7-14,16-17,21H,3-6,15,26H2,1-2H3,(H,28,31)(H,27,29,30). The average Bonchev–Trinajstić information content (AvgIpc) is 2.78. The minimum atomic E-state index is -0.674. The Labute approximate surface area is 189 Å². The Balaban J connectivity index is 1.45. The highest BCUT2D eigenvalue weighted by molar-refractivity contribution is 6.30. The van der Waals surface area contributed by atoms with Crippen molar-refractivity contribution in [2.45, 2.75) is 51.0 Å². The highest BCUT2D eigenvalue weighted by atomic mass is 35.5. The molecule has 1 saturated carbocycles. The molecular formula is C24H31ClN4O2.